The number of rotatable bonds is 3. The minimum Gasteiger partial charge on any atom is -0.457 e. The van der Waals surface area contributed by atoms with E-state index < -0.39 is 0 Å². The molecular formula is C12H16BrNO3. The summed E-state index contributed by atoms with van der Waals surface area (Å²) in [5.41, 5.74) is 0.306. The molecule has 1 aromatic heterocycles. The SMILES string of the molecule is CC1(CO)CCCC1NC(=O)c1coc(Br)c1. The van der Waals surface area contributed by atoms with E-state index in [1.807, 2.05) is 6.92 Å². The van der Waals surface area contributed by atoms with Gasteiger partial charge in [-0.05, 0) is 28.8 Å². The van der Waals surface area contributed by atoms with Crippen LogP contribution in [-0.4, -0.2) is 23.7 Å². The minimum absolute atomic E-state index is 0.0358. The molecule has 17 heavy (non-hydrogen) atoms. The van der Waals surface area contributed by atoms with Crippen molar-refractivity contribution >= 4 is 21.8 Å². The maximum atomic E-state index is 11.9. The summed E-state index contributed by atoms with van der Waals surface area (Å²) in [6.45, 7) is 2.11. The second-order valence-corrected chi connectivity index (χ2v) is 5.65. The zero-order valence-corrected chi connectivity index (χ0v) is 11.3. The number of halogens is 1. The van der Waals surface area contributed by atoms with Gasteiger partial charge >= 0.3 is 0 Å². The molecule has 2 atom stereocenters. The average Bonchev–Trinajstić information content (AvgIpc) is 2.87. The number of hydrogen-bond acceptors (Lipinski definition) is 3. The van der Waals surface area contributed by atoms with E-state index >= 15 is 0 Å². The van der Waals surface area contributed by atoms with Crippen LogP contribution in [0.5, 0.6) is 0 Å². The van der Waals surface area contributed by atoms with E-state index in [1.54, 1.807) is 6.07 Å². The number of hydrogen-bond donors (Lipinski definition) is 2. The van der Waals surface area contributed by atoms with Gasteiger partial charge in [-0.2, -0.15) is 0 Å². The highest BCUT2D eigenvalue weighted by molar-refractivity contribution is 9.10. The molecule has 0 spiro atoms. The minimum atomic E-state index is -0.198. The Bertz CT molecular complexity index is 418. The number of carbonyl (C=O) groups excluding carboxylic acids is 1. The quantitative estimate of drug-likeness (QED) is 0.900. The Labute approximate surface area is 109 Å². The molecule has 0 aromatic carbocycles. The molecule has 1 amide bonds. The molecular weight excluding hydrogens is 286 g/mol. The highest BCUT2D eigenvalue weighted by Gasteiger charge is 2.39. The number of carbonyl (C=O) groups is 1. The highest BCUT2D eigenvalue weighted by atomic mass is 79.9. The Hall–Kier alpha value is -0.810. The van der Waals surface area contributed by atoms with Crippen molar-refractivity contribution in [2.24, 2.45) is 5.41 Å². The number of furan rings is 1. The second-order valence-electron chi connectivity index (χ2n) is 4.87. The molecule has 0 radical (unpaired) electrons. The van der Waals surface area contributed by atoms with Crippen molar-refractivity contribution in [2.45, 2.75) is 32.2 Å². The predicted molar refractivity (Wildman–Crippen MR) is 66.7 cm³/mol. The number of nitrogens with one attached hydrogen (secondary N) is 1. The van der Waals surface area contributed by atoms with Crippen LogP contribution in [0.15, 0.2) is 21.4 Å². The van der Waals surface area contributed by atoms with Crippen molar-refractivity contribution in [3.05, 3.63) is 22.6 Å². The molecule has 94 valence electrons. The van der Waals surface area contributed by atoms with Crippen molar-refractivity contribution in [1.29, 1.82) is 0 Å². The first-order valence-electron chi connectivity index (χ1n) is 5.71. The lowest BCUT2D eigenvalue weighted by Crippen LogP contribution is -2.44. The number of aliphatic hydroxyl groups is 1. The molecule has 1 aliphatic rings. The third kappa shape index (κ3) is 2.55. The molecule has 2 unspecified atom stereocenters. The summed E-state index contributed by atoms with van der Waals surface area (Å²) in [5.74, 6) is -0.147. The van der Waals surface area contributed by atoms with Crippen LogP contribution in [0.3, 0.4) is 0 Å². The standard InChI is InChI=1S/C12H16BrNO3/c1-12(7-15)4-2-3-9(12)14-11(16)8-5-10(13)17-6-8/h5-6,9,15H,2-4,7H2,1H3,(H,14,16). The van der Waals surface area contributed by atoms with E-state index in [4.69, 9.17) is 4.42 Å². The molecule has 2 N–H and O–H groups in total. The molecule has 1 heterocycles. The van der Waals surface area contributed by atoms with E-state index in [2.05, 4.69) is 21.2 Å². The molecule has 1 aromatic rings. The summed E-state index contributed by atoms with van der Waals surface area (Å²) >= 11 is 3.16. The van der Waals surface area contributed by atoms with Gasteiger partial charge in [-0.1, -0.05) is 13.3 Å². The van der Waals surface area contributed by atoms with Crippen LogP contribution in [0.1, 0.15) is 36.5 Å². The zero-order valence-electron chi connectivity index (χ0n) is 9.70. The van der Waals surface area contributed by atoms with Crippen molar-refractivity contribution in [1.82, 2.24) is 5.32 Å². The lowest BCUT2D eigenvalue weighted by atomic mass is 9.85. The Kier molecular flexibility index (Phi) is 3.58. The summed E-state index contributed by atoms with van der Waals surface area (Å²) in [5, 5.41) is 12.4. The highest BCUT2D eigenvalue weighted by Crippen LogP contribution is 2.37. The molecule has 1 aliphatic carbocycles. The molecule has 2 rings (SSSR count). The molecule has 1 saturated carbocycles. The van der Waals surface area contributed by atoms with Gasteiger partial charge in [-0.25, -0.2) is 0 Å². The summed E-state index contributed by atoms with van der Waals surface area (Å²) in [6, 6.07) is 1.68. The van der Waals surface area contributed by atoms with Gasteiger partial charge in [0, 0.05) is 17.5 Å². The van der Waals surface area contributed by atoms with Crippen LogP contribution in [0, 0.1) is 5.41 Å². The molecule has 0 aliphatic heterocycles. The maximum Gasteiger partial charge on any atom is 0.254 e. The van der Waals surface area contributed by atoms with Crippen molar-refractivity contribution < 1.29 is 14.3 Å². The van der Waals surface area contributed by atoms with Gasteiger partial charge in [-0.3, -0.25) is 4.79 Å². The van der Waals surface area contributed by atoms with E-state index in [9.17, 15) is 9.90 Å². The fourth-order valence-corrected chi connectivity index (χ4v) is 2.68. The number of amides is 1. The summed E-state index contributed by atoms with van der Waals surface area (Å²) in [6.07, 6.45) is 4.33. The Morgan fingerprint density at radius 1 is 1.76 bits per heavy atom. The smallest absolute Gasteiger partial charge is 0.254 e. The Morgan fingerprint density at radius 3 is 3.12 bits per heavy atom. The third-order valence-corrected chi connectivity index (χ3v) is 3.99. The Morgan fingerprint density at radius 2 is 2.53 bits per heavy atom. The number of aliphatic hydroxyl groups excluding tert-OH is 1. The summed E-state index contributed by atoms with van der Waals surface area (Å²) < 4.78 is 5.58. The van der Waals surface area contributed by atoms with Gasteiger partial charge in [0.25, 0.3) is 5.91 Å². The van der Waals surface area contributed by atoms with Crippen LogP contribution in [-0.2, 0) is 0 Å². The van der Waals surface area contributed by atoms with Gasteiger partial charge < -0.3 is 14.8 Å². The molecule has 0 saturated heterocycles. The van der Waals surface area contributed by atoms with Crippen LogP contribution < -0.4 is 5.32 Å². The van der Waals surface area contributed by atoms with E-state index in [0.29, 0.717) is 10.2 Å². The van der Waals surface area contributed by atoms with Crippen LogP contribution in [0.2, 0.25) is 0 Å². The van der Waals surface area contributed by atoms with Gasteiger partial charge in [0.15, 0.2) is 4.67 Å². The predicted octanol–water partition coefficient (Wildman–Crippen LogP) is 2.32. The molecule has 5 heteroatoms. The lowest BCUT2D eigenvalue weighted by molar-refractivity contribution is 0.0830. The van der Waals surface area contributed by atoms with Crippen molar-refractivity contribution in [3.8, 4) is 0 Å². The second kappa shape index (κ2) is 4.82. The molecule has 4 nitrogen and oxygen atoms in total. The third-order valence-electron chi connectivity index (χ3n) is 3.58. The van der Waals surface area contributed by atoms with E-state index in [-0.39, 0.29) is 24.0 Å². The first-order valence-corrected chi connectivity index (χ1v) is 6.50. The lowest BCUT2D eigenvalue weighted by Gasteiger charge is -2.29. The van der Waals surface area contributed by atoms with Crippen molar-refractivity contribution in [3.63, 3.8) is 0 Å². The fourth-order valence-electron chi connectivity index (χ4n) is 2.34. The normalized spacial score (nSPS) is 28.3. The van der Waals surface area contributed by atoms with Gasteiger partial charge in [0.05, 0.1) is 12.2 Å². The largest absolute Gasteiger partial charge is 0.457 e. The topological polar surface area (TPSA) is 62.5 Å². The summed E-state index contributed by atoms with van der Waals surface area (Å²) in [4.78, 5) is 11.9. The van der Waals surface area contributed by atoms with Crippen LogP contribution >= 0.6 is 15.9 Å². The first kappa shape index (κ1) is 12.6. The maximum absolute atomic E-state index is 11.9. The zero-order chi connectivity index (χ0) is 12.5. The van der Waals surface area contributed by atoms with E-state index in [0.717, 1.165) is 19.3 Å². The van der Waals surface area contributed by atoms with Crippen LogP contribution in [0.4, 0.5) is 0 Å². The fraction of sp³-hybridized carbons (Fsp3) is 0.583. The van der Waals surface area contributed by atoms with Crippen molar-refractivity contribution in [2.75, 3.05) is 6.61 Å². The van der Waals surface area contributed by atoms with Gasteiger partial charge in [-0.15, -0.1) is 0 Å². The monoisotopic (exact) mass is 301 g/mol. The summed E-state index contributed by atoms with van der Waals surface area (Å²) in [7, 11) is 0. The van der Waals surface area contributed by atoms with Crippen LogP contribution in [0.25, 0.3) is 0 Å². The molecule has 0 bridgehead atoms. The first-order chi connectivity index (χ1) is 8.05. The van der Waals surface area contributed by atoms with Gasteiger partial charge in [0.1, 0.15) is 6.26 Å². The van der Waals surface area contributed by atoms with Gasteiger partial charge in [0.2, 0.25) is 0 Å². The van der Waals surface area contributed by atoms with E-state index in [1.165, 1.54) is 6.26 Å². The average molecular weight is 302 g/mol. The Balaban J connectivity index is 2.04. The molecule has 1 fully saturated rings.